The topological polar surface area (TPSA) is 80.4 Å². The van der Waals surface area contributed by atoms with Crippen molar-refractivity contribution in [2.45, 2.75) is 53.0 Å². The van der Waals surface area contributed by atoms with Crippen LogP contribution in [0.1, 0.15) is 70.8 Å². The number of aryl methyl sites for hydroxylation is 1. The van der Waals surface area contributed by atoms with E-state index in [0.717, 1.165) is 36.1 Å². The van der Waals surface area contributed by atoms with Crippen molar-refractivity contribution in [3.8, 4) is 11.5 Å². The molecule has 1 aromatic heterocycles. The molecule has 1 aliphatic carbocycles. The Bertz CT molecular complexity index is 899. The first kappa shape index (κ1) is 21.0. The van der Waals surface area contributed by atoms with E-state index < -0.39 is 0 Å². The number of aromatic nitrogens is 1. The number of amides is 1. The third-order valence-corrected chi connectivity index (χ3v) is 5.30. The number of hydrogen-bond acceptors (Lipinski definition) is 4. The quantitative estimate of drug-likeness (QED) is 0.698. The molecule has 156 valence electrons. The van der Waals surface area contributed by atoms with E-state index in [-0.39, 0.29) is 11.7 Å². The lowest BCUT2D eigenvalue weighted by Gasteiger charge is -2.13. The smallest absolute Gasteiger partial charge is 0.268 e. The van der Waals surface area contributed by atoms with Crippen molar-refractivity contribution in [1.29, 1.82) is 0 Å². The van der Waals surface area contributed by atoms with Crippen LogP contribution in [0.2, 0.25) is 0 Å². The SMILES string of the molecule is COc1cc(CNC(=O)c2[nH]c3c(c2C)C(=O)CCC3)ccc1OCCC(C)C. The molecule has 2 aromatic rings. The molecule has 1 heterocycles. The highest BCUT2D eigenvalue weighted by molar-refractivity contribution is 6.04. The Morgan fingerprint density at radius 2 is 2.03 bits per heavy atom. The summed E-state index contributed by atoms with van der Waals surface area (Å²) in [4.78, 5) is 28.0. The second kappa shape index (κ2) is 9.16. The number of nitrogens with one attached hydrogen (secondary N) is 2. The molecule has 0 bridgehead atoms. The number of methoxy groups -OCH3 is 1. The Morgan fingerprint density at radius 3 is 2.72 bits per heavy atom. The molecule has 29 heavy (non-hydrogen) atoms. The number of aromatic amines is 1. The number of Topliss-reactive ketones (excluding diaryl/α,β-unsaturated/α-hetero) is 1. The summed E-state index contributed by atoms with van der Waals surface area (Å²) in [5, 5.41) is 2.93. The molecule has 1 amide bonds. The molecule has 0 saturated heterocycles. The molecule has 0 radical (unpaired) electrons. The zero-order valence-corrected chi connectivity index (χ0v) is 17.7. The van der Waals surface area contributed by atoms with Crippen LogP contribution in [-0.2, 0) is 13.0 Å². The van der Waals surface area contributed by atoms with Gasteiger partial charge in [-0.2, -0.15) is 0 Å². The first-order chi connectivity index (χ1) is 13.9. The summed E-state index contributed by atoms with van der Waals surface area (Å²) in [7, 11) is 1.61. The number of ketones is 1. The summed E-state index contributed by atoms with van der Waals surface area (Å²) >= 11 is 0. The van der Waals surface area contributed by atoms with Crippen molar-refractivity contribution in [3.63, 3.8) is 0 Å². The van der Waals surface area contributed by atoms with Crippen molar-refractivity contribution in [3.05, 3.63) is 46.3 Å². The van der Waals surface area contributed by atoms with Crippen LogP contribution in [0.5, 0.6) is 11.5 Å². The number of benzene rings is 1. The number of ether oxygens (including phenoxy) is 2. The zero-order valence-electron chi connectivity index (χ0n) is 17.7. The van der Waals surface area contributed by atoms with Crippen LogP contribution in [0, 0.1) is 12.8 Å². The molecule has 0 saturated carbocycles. The average Bonchev–Trinajstić information content (AvgIpc) is 3.04. The molecule has 0 fully saturated rings. The largest absolute Gasteiger partial charge is 0.493 e. The Labute approximate surface area is 172 Å². The first-order valence-electron chi connectivity index (χ1n) is 10.2. The van der Waals surface area contributed by atoms with Crippen LogP contribution in [0.25, 0.3) is 0 Å². The molecule has 0 spiro atoms. The lowest BCUT2D eigenvalue weighted by Crippen LogP contribution is -2.24. The van der Waals surface area contributed by atoms with Gasteiger partial charge in [-0.25, -0.2) is 0 Å². The van der Waals surface area contributed by atoms with Gasteiger partial charge in [-0.3, -0.25) is 9.59 Å². The minimum Gasteiger partial charge on any atom is -0.493 e. The van der Waals surface area contributed by atoms with Crippen LogP contribution in [-0.4, -0.2) is 30.4 Å². The van der Waals surface area contributed by atoms with E-state index in [2.05, 4.69) is 24.1 Å². The number of carbonyl (C=O) groups excluding carboxylic acids is 2. The highest BCUT2D eigenvalue weighted by Gasteiger charge is 2.26. The third kappa shape index (κ3) is 4.81. The van der Waals surface area contributed by atoms with E-state index in [9.17, 15) is 9.59 Å². The highest BCUT2D eigenvalue weighted by atomic mass is 16.5. The summed E-state index contributed by atoms with van der Waals surface area (Å²) in [5.41, 5.74) is 3.72. The minimum absolute atomic E-state index is 0.122. The van der Waals surface area contributed by atoms with E-state index in [1.807, 2.05) is 25.1 Å². The van der Waals surface area contributed by atoms with Gasteiger partial charge in [0.15, 0.2) is 17.3 Å². The maximum atomic E-state index is 12.7. The number of hydrogen-bond donors (Lipinski definition) is 2. The highest BCUT2D eigenvalue weighted by Crippen LogP contribution is 2.29. The van der Waals surface area contributed by atoms with Crippen LogP contribution >= 0.6 is 0 Å². The standard InChI is InChI=1S/C23H30N2O4/c1-14(2)10-11-29-19-9-8-16(12-20(19)28-4)13-24-23(27)22-15(3)21-17(25-22)6-5-7-18(21)26/h8-9,12,14,25H,5-7,10-11,13H2,1-4H3,(H,24,27). The predicted octanol–water partition coefficient (Wildman–Crippen LogP) is 4.21. The Balaban J connectivity index is 1.65. The fraction of sp³-hybridized carbons (Fsp3) is 0.478. The fourth-order valence-corrected chi connectivity index (χ4v) is 3.62. The summed E-state index contributed by atoms with van der Waals surface area (Å²) in [6, 6.07) is 5.67. The van der Waals surface area contributed by atoms with Gasteiger partial charge < -0.3 is 19.8 Å². The van der Waals surface area contributed by atoms with Gasteiger partial charge >= 0.3 is 0 Å². The van der Waals surface area contributed by atoms with Crippen molar-refractivity contribution in [1.82, 2.24) is 10.3 Å². The first-order valence-corrected chi connectivity index (χ1v) is 10.2. The second-order valence-corrected chi connectivity index (χ2v) is 7.95. The van der Waals surface area contributed by atoms with Crippen molar-refractivity contribution in [2.24, 2.45) is 5.92 Å². The van der Waals surface area contributed by atoms with E-state index in [1.165, 1.54) is 0 Å². The molecular weight excluding hydrogens is 368 g/mol. The molecule has 3 rings (SSSR count). The molecule has 1 aromatic carbocycles. The lowest BCUT2D eigenvalue weighted by atomic mass is 9.94. The number of H-pyrrole nitrogens is 1. The Hall–Kier alpha value is -2.76. The van der Waals surface area contributed by atoms with Crippen molar-refractivity contribution in [2.75, 3.05) is 13.7 Å². The Kier molecular flexibility index (Phi) is 6.62. The molecule has 1 aliphatic rings. The fourth-order valence-electron chi connectivity index (χ4n) is 3.62. The maximum Gasteiger partial charge on any atom is 0.268 e. The van der Waals surface area contributed by atoms with Crippen LogP contribution in [0.4, 0.5) is 0 Å². The predicted molar refractivity (Wildman–Crippen MR) is 112 cm³/mol. The number of rotatable bonds is 8. The second-order valence-electron chi connectivity index (χ2n) is 7.95. The summed E-state index contributed by atoms with van der Waals surface area (Å²) in [6.45, 7) is 7.15. The Morgan fingerprint density at radius 1 is 1.24 bits per heavy atom. The zero-order chi connectivity index (χ0) is 21.0. The number of fused-ring (bicyclic) bond motifs is 1. The van der Waals surface area contributed by atoms with Gasteiger partial charge in [0, 0.05) is 24.2 Å². The van der Waals surface area contributed by atoms with E-state index in [0.29, 0.717) is 48.2 Å². The molecule has 6 heteroatoms. The lowest BCUT2D eigenvalue weighted by molar-refractivity contribution is 0.0944. The monoisotopic (exact) mass is 398 g/mol. The van der Waals surface area contributed by atoms with Gasteiger partial charge in [-0.15, -0.1) is 0 Å². The third-order valence-electron chi connectivity index (χ3n) is 5.30. The van der Waals surface area contributed by atoms with Gasteiger partial charge in [0.2, 0.25) is 0 Å². The molecule has 0 aliphatic heterocycles. The average molecular weight is 399 g/mol. The summed E-state index contributed by atoms with van der Waals surface area (Å²) in [6.07, 6.45) is 3.17. The van der Waals surface area contributed by atoms with Gasteiger partial charge in [0.1, 0.15) is 5.69 Å². The van der Waals surface area contributed by atoms with E-state index in [4.69, 9.17) is 9.47 Å². The molecule has 0 atom stereocenters. The molecule has 2 N–H and O–H groups in total. The summed E-state index contributed by atoms with van der Waals surface area (Å²) < 4.78 is 11.3. The van der Waals surface area contributed by atoms with Crippen molar-refractivity contribution >= 4 is 11.7 Å². The van der Waals surface area contributed by atoms with Gasteiger partial charge in [0.05, 0.1) is 13.7 Å². The normalized spacial score (nSPS) is 13.3. The molecule has 0 unspecified atom stereocenters. The minimum atomic E-state index is -0.207. The van der Waals surface area contributed by atoms with Crippen molar-refractivity contribution < 1.29 is 19.1 Å². The van der Waals surface area contributed by atoms with Gasteiger partial charge in [0.25, 0.3) is 5.91 Å². The van der Waals surface area contributed by atoms with Gasteiger partial charge in [-0.1, -0.05) is 19.9 Å². The molecular formula is C23H30N2O4. The van der Waals surface area contributed by atoms with Gasteiger partial charge in [-0.05, 0) is 55.4 Å². The number of carbonyl (C=O) groups is 2. The van der Waals surface area contributed by atoms with Crippen LogP contribution in [0.3, 0.4) is 0 Å². The van der Waals surface area contributed by atoms with E-state index >= 15 is 0 Å². The van der Waals surface area contributed by atoms with E-state index in [1.54, 1.807) is 7.11 Å². The van der Waals surface area contributed by atoms with Crippen LogP contribution in [0.15, 0.2) is 18.2 Å². The maximum absolute atomic E-state index is 12.7. The van der Waals surface area contributed by atoms with Crippen LogP contribution < -0.4 is 14.8 Å². The molecule has 6 nitrogen and oxygen atoms in total. The summed E-state index contributed by atoms with van der Waals surface area (Å²) in [5.74, 6) is 1.85.